The Kier molecular flexibility index (Phi) is 5.79. The second kappa shape index (κ2) is 7.36. The zero-order valence-electron chi connectivity index (χ0n) is 11.2. The van der Waals surface area contributed by atoms with Crippen LogP contribution in [0.3, 0.4) is 0 Å². The standard InChI is InChI=1S/C14H20ClNO2S/c1-2-18-13(10-6-4-3-5-7-10)14-16-11(9-19-14)12(17)8-15/h9-10,13H,2-8H2,1H3. The van der Waals surface area contributed by atoms with Gasteiger partial charge in [0.2, 0.25) is 0 Å². The normalized spacial score (nSPS) is 18.4. The highest BCUT2D eigenvalue weighted by molar-refractivity contribution is 7.09. The molecule has 1 aliphatic rings. The molecular weight excluding hydrogens is 282 g/mol. The second-order valence-corrected chi connectivity index (χ2v) is 6.06. The minimum absolute atomic E-state index is 0.00803. The number of Topliss-reactive ketones (excluding diaryl/α,β-unsaturated/α-hetero) is 1. The van der Waals surface area contributed by atoms with Crippen LogP contribution in [0.1, 0.15) is 60.6 Å². The molecule has 0 bridgehead atoms. The molecule has 1 aliphatic carbocycles. The maximum absolute atomic E-state index is 11.6. The zero-order valence-corrected chi connectivity index (χ0v) is 12.8. The molecular formula is C14H20ClNO2S. The van der Waals surface area contributed by atoms with Crippen LogP contribution in [-0.4, -0.2) is 23.3 Å². The Morgan fingerprint density at radius 2 is 2.26 bits per heavy atom. The number of ketones is 1. The van der Waals surface area contributed by atoms with Crippen molar-refractivity contribution in [2.45, 2.75) is 45.1 Å². The molecule has 0 aliphatic heterocycles. The Labute approximate surface area is 123 Å². The summed E-state index contributed by atoms with van der Waals surface area (Å²) in [5.74, 6) is 0.424. The SMILES string of the molecule is CCOC(c1nc(C(=O)CCl)cs1)C1CCCCC1. The van der Waals surface area contributed by atoms with Crippen molar-refractivity contribution in [2.24, 2.45) is 5.92 Å². The van der Waals surface area contributed by atoms with E-state index >= 15 is 0 Å². The highest BCUT2D eigenvalue weighted by Gasteiger charge is 2.28. The molecule has 0 amide bonds. The van der Waals surface area contributed by atoms with Crippen LogP contribution in [0.2, 0.25) is 0 Å². The first-order valence-corrected chi connectivity index (χ1v) is 8.33. The Bertz CT molecular complexity index is 415. The molecule has 0 spiro atoms. The summed E-state index contributed by atoms with van der Waals surface area (Å²) in [6.45, 7) is 2.69. The number of hydrogen-bond donors (Lipinski definition) is 0. The molecule has 0 radical (unpaired) electrons. The van der Waals surface area contributed by atoms with Gasteiger partial charge in [-0.3, -0.25) is 4.79 Å². The fourth-order valence-corrected chi connectivity index (χ4v) is 3.74. The van der Waals surface area contributed by atoms with Gasteiger partial charge < -0.3 is 4.74 Å². The molecule has 5 heteroatoms. The fourth-order valence-electron chi connectivity index (χ4n) is 2.64. The molecule has 1 saturated carbocycles. The first-order chi connectivity index (χ1) is 9.26. The lowest BCUT2D eigenvalue weighted by Gasteiger charge is -2.28. The van der Waals surface area contributed by atoms with Crippen LogP contribution in [0.25, 0.3) is 0 Å². The predicted octanol–water partition coefficient (Wildman–Crippen LogP) is 4.22. The van der Waals surface area contributed by atoms with Gasteiger partial charge in [0.1, 0.15) is 16.8 Å². The lowest BCUT2D eigenvalue weighted by atomic mass is 9.85. The van der Waals surface area contributed by atoms with Gasteiger partial charge in [0.05, 0.1) is 5.88 Å². The summed E-state index contributed by atoms with van der Waals surface area (Å²) in [6, 6.07) is 0. The maximum Gasteiger partial charge on any atom is 0.196 e. The molecule has 1 unspecified atom stereocenters. The van der Waals surface area contributed by atoms with E-state index in [9.17, 15) is 4.79 Å². The number of carbonyl (C=O) groups excluding carboxylic acids is 1. The van der Waals surface area contributed by atoms with Gasteiger partial charge in [-0.05, 0) is 25.7 Å². The third-order valence-electron chi connectivity index (χ3n) is 3.60. The lowest BCUT2D eigenvalue weighted by molar-refractivity contribution is 0.00545. The van der Waals surface area contributed by atoms with E-state index < -0.39 is 0 Å². The minimum Gasteiger partial charge on any atom is -0.371 e. The molecule has 19 heavy (non-hydrogen) atoms. The second-order valence-electron chi connectivity index (χ2n) is 4.90. The van der Waals surface area contributed by atoms with E-state index in [4.69, 9.17) is 16.3 Å². The van der Waals surface area contributed by atoms with E-state index in [1.54, 1.807) is 5.38 Å². The number of carbonyl (C=O) groups is 1. The molecule has 106 valence electrons. The number of alkyl halides is 1. The van der Waals surface area contributed by atoms with Crippen molar-refractivity contribution in [1.29, 1.82) is 0 Å². The molecule has 1 aromatic heterocycles. The quantitative estimate of drug-likeness (QED) is 0.583. The first-order valence-electron chi connectivity index (χ1n) is 6.92. The zero-order chi connectivity index (χ0) is 13.7. The van der Waals surface area contributed by atoms with Gasteiger partial charge in [-0.15, -0.1) is 22.9 Å². The van der Waals surface area contributed by atoms with Gasteiger partial charge >= 0.3 is 0 Å². The van der Waals surface area contributed by atoms with E-state index in [-0.39, 0.29) is 17.8 Å². The molecule has 0 saturated heterocycles. The highest BCUT2D eigenvalue weighted by atomic mass is 35.5. The largest absolute Gasteiger partial charge is 0.371 e. The van der Waals surface area contributed by atoms with Crippen LogP contribution in [0, 0.1) is 5.92 Å². The van der Waals surface area contributed by atoms with Gasteiger partial charge in [-0.2, -0.15) is 0 Å². The van der Waals surface area contributed by atoms with Gasteiger partial charge in [-0.1, -0.05) is 19.3 Å². The highest BCUT2D eigenvalue weighted by Crippen LogP contribution is 2.38. The topological polar surface area (TPSA) is 39.2 Å². The first kappa shape index (κ1) is 14.9. The molecule has 1 aromatic rings. The van der Waals surface area contributed by atoms with Crippen LogP contribution < -0.4 is 0 Å². The Morgan fingerprint density at radius 1 is 1.53 bits per heavy atom. The Balaban J connectivity index is 2.13. The van der Waals surface area contributed by atoms with Crippen molar-refractivity contribution in [1.82, 2.24) is 4.98 Å². The number of ether oxygens (including phenoxy) is 1. The molecule has 1 heterocycles. The Morgan fingerprint density at radius 3 is 2.89 bits per heavy atom. The van der Waals surface area contributed by atoms with E-state index in [0.717, 1.165) is 5.01 Å². The number of nitrogens with zero attached hydrogens (tertiary/aromatic N) is 1. The van der Waals surface area contributed by atoms with Crippen molar-refractivity contribution in [3.8, 4) is 0 Å². The number of hydrogen-bond acceptors (Lipinski definition) is 4. The van der Waals surface area contributed by atoms with Crippen molar-refractivity contribution in [2.75, 3.05) is 12.5 Å². The average Bonchev–Trinajstić information content (AvgIpc) is 2.94. The van der Waals surface area contributed by atoms with Gasteiger partial charge in [0, 0.05) is 12.0 Å². The number of aromatic nitrogens is 1. The van der Waals surface area contributed by atoms with Crippen LogP contribution in [0.4, 0.5) is 0 Å². The third kappa shape index (κ3) is 3.77. The predicted molar refractivity (Wildman–Crippen MR) is 78.1 cm³/mol. The third-order valence-corrected chi connectivity index (χ3v) is 4.75. The van der Waals surface area contributed by atoms with Crippen molar-refractivity contribution in [3.05, 3.63) is 16.1 Å². The summed E-state index contributed by atoms with van der Waals surface area (Å²) in [5.41, 5.74) is 0.482. The molecule has 0 N–H and O–H groups in total. The number of thiazole rings is 1. The van der Waals surface area contributed by atoms with E-state index in [0.29, 0.717) is 18.2 Å². The lowest BCUT2D eigenvalue weighted by Crippen LogP contribution is -2.19. The van der Waals surface area contributed by atoms with E-state index in [1.807, 2.05) is 6.92 Å². The summed E-state index contributed by atoms with van der Waals surface area (Å²) in [5, 5.41) is 2.73. The maximum atomic E-state index is 11.6. The summed E-state index contributed by atoms with van der Waals surface area (Å²) in [4.78, 5) is 16.0. The Hall–Kier alpha value is -0.450. The van der Waals surface area contributed by atoms with E-state index in [1.165, 1.54) is 43.4 Å². The van der Waals surface area contributed by atoms with Crippen molar-refractivity contribution in [3.63, 3.8) is 0 Å². The van der Waals surface area contributed by atoms with E-state index in [2.05, 4.69) is 4.98 Å². The monoisotopic (exact) mass is 301 g/mol. The molecule has 0 aromatic carbocycles. The summed E-state index contributed by atoms with van der Waals surface area (Å²) in [6.07, 6.45) is 6.31. The fraction of sp³-hybridized carbons (Fsp3) is 0.714. The summed E-state index contributed by atoms with van der Waals surface area (Å²) in [7, 11) is 0. The van der Waals surface area contributed by atoms with Crippen LogP contribution in [0.15, 0.2) is 5.38 Å². The van der Waals surface area contributed by atoms with Gasteiger partial charge in [0.15, 0.2) is 5.78 Å². The molecule has 1 atom stereocenters. The summed E-state index contributed by atoms with van der Waals surface area (Å²) >= 11 is 7.09. The van der Waals surface area contributed by atoms with Crippen LogP contribution in [0.5, 0.6) is 0 Å². The molecule has 1 fully saturated rings. The number of halogens is 1. The molecule has 2 rings (SSSR count). The number of rotatable bonds is 6. The van der Waals surface area contributed by atoms with Gasteiger partial charge in [0.25, 0.3) is 0 Å². The average molecular weight is 302 g/mol. The van der Waals surface area contributed by atoms with Crippen LogP contribution >= 0.6 is 22.9 Å². The molecule has 3 nitrogen and oxygen atoms in total. The van der Waals surface area contributed by atoms with Gasteiger partial charge in [-0.25, -0.2) is 4.98 Å². The smallest absolute Gasteiger partial charge is 0.196 e. The minimum atomic E-state index is -0.108. The van der Waals surface area contributed by atoms with Crippen LogP contribution in [-0.2, 0) is 4.74 Å². The van der Waals surface area contributed by atoms with Crippen molar-refractivity contribution < 1.29 is 9.53 Å². The summed E-state index contributed by atoms with van der Waals surface area (Å²) < 4.78 is 5.90. The van der Waals surface area contributed by atoms with Crippen molar-refractivity contribution >= 4 is 28.7 Å².